The number of primary amides is 1. The van der Waals surface area contributed by atoms with Crippen LogP contribution in [0.5, 0.6) is 0 Å². The Kier molecular flexibility index (Phi) is 5.44. The number of rotatable bonds is 7. The van der Waals surface area contributed by atoms with Crippen molar-refractivity contribution in [3.05, 3.63) is 28.3 Å². The van der Waals surface area contributed by atoms with Gasteiger partial charge in [-0.1, -0.05) is 0 Å². The van der Waals surface area contributed by atoms with Gasteiger partial charge in [-0.3, -0.25) is 10.1 Å². The van der Waals surface area contributed by atoms with Gasteiger partial charge in [0.05, 0.1) is 10.6 Å². The van der Waals surface area contributed by atoms with Crippen LogP contribution >= 0.6 is 0 Å². The van der Waals surface area contributed by atoms with Gasteiger partial charge in [0.25, 0.3) is 5.69 Å². The molecule has 0 unspecified atom stereocenters. The van der Waals surface area contributed by atoms with E-state index in [1.165, 1.54) is 7.05 Å². The second-order valence-corrected chi connectivity index (χ2v) is 5.61. The third-order valence-corrected chi connectivity index (χ3v) is 3.97. The predicted octanol–water partition coefficient (Wildman–Crippen LogP) is -0.417. The van der Waals surface area contributed by atoms with Crippen molar-refractivity contribution < 1.29 is 18.1 Å². The molecule has 0 radical (unpaired) electrons. The zero-order chi connectivity index (χ0) is 16.0. The zero-order valence-electron chi connectivity index (χ0n) is 11.1. The van der Waals surface area contributed by atoms with Gasteiger partial charge >= 0.3 is 6.03 Å². The summed E-state index contributed by atoms with van der Waals surface area (Å²) < 4.78 is 26.4. The highest BCUT2D eigenvalue weighted by atomic mass is 32.2. The van der Waals surface area contributed by atoms with E-state index >= 15 is 0 Å². The van der Waals surface area contributed by atoms with Gasteiger partial charge < -0.3 is 16.4 Å². The summed E-state index contributed by atoms with van der Waals surface area (Å²) in [5.74, 6) is 0. The highest BCUT2D eigenvalue weighted by Crippen LogP contribution is 2.25. The second-order valence-electron chi connectivity index (χ2n) is 3.88. The van der Waals surface area contributed by atoms with E-state index in [-0.39, 0.29) is 29.4 Å². The molecule has 1 rings (SSSR count). The number of anilines is 1. The van der Waals surface area contributed by atoms with Crippen LogP contribution in [0.3, 0.4) is 0 Å². The normalized spacial score (nSPS) is 10.9. The van der Waals surface area contributed by atoms with Crippen LogP contribution < -0.4 is 21.1 Å². The van der Waals surface area contributed by atoms with Gasteiger partial charge in [-0.15, -0.1) is 0 Å². The largest absolute Gasteiger partial charge is 0.387 e. The predicted molar refractivity (Wildman–Crippen MR) is 75.4 cm³/mol. The van der Waals surface area contributed by atoms with Gasteiger partial charge in [-0.05, 0) is 6.07 Å². The number of nitrogens with one attached hydrogen (secondary N) is 3. The maximum atomic E-state index is 12.1. The summed E-state index contributed by atoms with van der Waals surface area (Å²) in [5.41, 5.74) is 4.71. The molecular formula is C10H15N5O5S. The molecule has 0 fully saturated rings. The number of carbonyl (C=O) groups is 1. The number of nitrogens with zero attached hydrogens (tertiary/aromatic N) is 1. The molecule has 0 heterocycles. The van der Waals surface area contributed by atoms with E-state index in [1.807, 2.05) is 0 Å². The second kappa shape index (κ2) is 6.85. The first-order valence-electron chi connectivity index (χ1n) is 5.77. The van der Waals surface area contributed by atoms with Crippen LogP contribution in [0, 0.1) is 10.1 Å². The lowest BCUT2D eigenvalue weighted by Gasteiger charge is -2.11. The van der Waals surface area contributed by atoms with Crippen LogP contribution in [0.4, 0.5) is 16.2 Å². The van der Waals surface area contributed by atoms with Crippen LogP contribution in [0.1, 0.15) is 0 Å². The molecule has 0 saturated carbocycles. The summed E-state index contributed by atoms with van der Waals surface area (Å²) >= 11 is 0. The van der Waals surface area contributed by atoms with Crippen LogP contribution in [0.2, 0.25) is 0 Å². The van der Waals surface area contributed by atoms with Crippen molar-refractivity contribution in [2.24, 2.45) is 5.73 Å². The van der Waals surface area contributed by atoms with Crippen molar-refractivity contribution in [3.8, 4) is 0 Å². The molecule has 0 aliphatic rings. The van der Waals surface area contributed by atoms with E-state index < -0.39 is 21.0 Å². The molecule has 0 aromatic heterocycles. The molecule has 116 valence electrons. The molecule has 1 aromatic rings. The summed E-state index contributed by atoms with van der Waals surface area (Å²) in [6, 6.07) is 2.58. The molecule has 0 spiro atoms. The third-order valence-electron chi connectivity index (χ3n) is 2.45. The number of hydrogen-bond donors (Lipinski definition) is 4. The Morgan fingerprint density at radius 3 is 2.57 bits per heavy atom. The van der Waals surface area contributed by atoms with E-state index in [2.05, 4.69) is 15.4 Å². The van der Waals surface area contributed by atoms with Gasteiger partial charge in [0.2, 0.25) is 10.0 Å². The summed E-state index contributed by atoms with van der Waals surface area (Å²) in [5, 5.41) is 15.5. The van der Waals surface area contributed by atoms with Gasteiger partial charge in [0, 0.05) is 32.3 Å². The molecule has 0 bridgehead atoms. The molecule has 1 aromatic carbocycles. The number of nitro groups is 1. The van der Waals surface area contributed by atoms with E-state index in [9.17, 15) is 23.3 Å². The van der Waals surface area contributed by atoms with Crippen molar-refractivity contribution in [2.45, 2.75) is 4.90 Å². The summed E-state index contributed by atoms with van der Waals surface area (Å²) in [7, 11) is -2.42. The Labute approximate surface area is 120 Å². The van der Waals surface area contributed by atoms with Crippen LogP contribution in [0.25, 0.3) is 0 Å². The highest BCUT2D eigenvalue weighted by Gasteiger charge is 2.20. The first kappa shape index (κ1) is 16.7. The van der Waals surface area contributed by atoms with Crippen LogP contribution in [0.15, 0.2) is 23.1 Å². The van der Waals surface area contributed by atoms with E-state index in [0.29, 0.717) is 0 Å². The Balaban J connectivity index is 2.92. The Bertz CT molecular complexity index is 645. The average molecular weight is 317 g/mol. The maximum absolute atomic E-state index is 12.1. The number of non-ortho nitro benzene ring substituents is 1. The van der Waals surface area contributed by atoms with Gasteiger partial charge in [0.15, 0.2) is 0 Å². The highest BCUT2D eigenvalue weighted by molar-refractivity contribution is 7.89. The first-order chi connectivity index (χ1) is 9.77. The van der Waals surface area contributed by atoms with Crippen LogP contribution in [-0.2, 0) is 10.0 Å². The molecule has 21 heavy (non-hydrogen) atoms. The minimum Gasteiger partial charge on any atom is -0.387 e. The molecular weight excluding hydrogens is 302 g/mol. The number of carbonyl (C=O) groups excluding carboxylic acids is 1. The number of hydrogen-bond acceptors (Lipinski definition) is 6. The van der Waals surface area contributed by atoms with Crippen molar-refractivity contribution in [2.75, 3.05) is 25.5 Å². The van der Waals surface area contributed by atoms with Crippen molar-refractivity contribution in [3.63, 3.8) is 0 Å². The molecule has 2 amide bonds. The monoisotopic (exact) mass is 317 g/mol. The van der Waals surface area contributed by atoms with E-state index in [1.54, 1.807) is 0 Å². The van der Waals surface area contributed by atoms with Crippen molar-refractivity contribution in [1.29, 1.82) is 0 Å². The lowest BCUT2D eigenvalue weighted by Crippen LogP contribution is -2.37. The van der Waals surface area contributed by atoms with Gasteiger partial charge in [-0.2, -0.15) is 0 Å². The SMILES string of the molecule is CNc1cc([N+](=O)[O-])ccc1S(=O)(=O)NCCNC(N)=O. The fraction of sp³-hybridized carbons (Fsp3) is 0.300. The number of sulfonamides is 1. The van der Waals surface area contributed by atoms with Crippen molar-refractivity contribution >= 4 is 27.4 Å². The zero-order valence-corrected chi connectivity index (χ0v) is 11.9. The Hall–Kier alpha value is -2.40. The first-order valence-corrected chi connectivity index (χ1v) is 7.25. The fourth-order valence-electron chi connectivity index (χ4n) is 1.51. The number of benzene rings is 1. The van der Waals surface area contributed by atoms with Gasteiger partial charge in [0.1, 0.15) is 4.90 Å². The van der Waals surface area contributed by atoms with Gasteiger partial charge in [-0.25, -0.2) is 17.9 Å². The Morgan fingerprint density at radius 2 is 2.05 bits per heavy atom. The smallest absolute Gasteiger partial charge is 0.312 e. The number of nitro benzene ring substituents is 1. The Morgan fingerprint density at radius 1 is 1.38 bits per heavy atom. The average Bonchev–Trinajstić information content (AvgIpc) is 2.42. The molecule has 0 atom stereocenters. The molecule has 5 N–H and O–H groups in total. The molecule has 0 aliphatic carbocycles. The molecule has 10 nitrogen and oxygen atoms in total. The third kappa shape index (κ3) is 4.57. The minimum absolute atomic E-state index is 0.0242. The van der Waals surface area contributed by atoms with Crippen LogP contribution in [-0.4, -0.2) is 39.5 Å². The summed E-state index contributed by atoms with van der Waals surface area (Å²) in [6.07, 6.45) is 0. The molecule has 0 aliphatic heterocycles. The van der Waals surface area contributed by atoms with E-state index in [4.69, 9.17) is 5.73 Å². The standard InChI is InChI=1S/C10H15N5O5S/c1-12-8-6-7(15(17)18)2-3-9(8)21(19,20)14-5-4-13-10(11)16/h2-3,6,12,14H,4-5H2,1H3,(H3,11,13,16). The number of amides is 2. The summed E-state index contributed by atoms with van der Waals surface area (Å²) in [6.45, 7) is -0.0398. The van der Waals surface area contributed by atoms with Crippen molar-refractivity contribution in [1.82, 2.24) is 10.0 Å². The number of urea groups is 1. The lowest BCUT2D eigenvalue weighted by atomic mass is 10.3. The fourth-order valence-corrected chi connectivity index (χ4v) is 2.73. The lowest BCUT2D eigenvalue weighted by molar-refractivity contribution is -0.384. The minimum atomic E-state index is -3.87. The molecule has 0 saturated heterocycles. The molecule has 11 heteroatoms. The topological polar surface area (TPSA) is 156 Å². The maximum Gasteiger partial charge on any atom is 0.312 e. The summed E-state index contributed by atoms with van der Waals surface area (Å²) in [4.78, 5) is 20.4. The quantitative estimate of drug-likeness (QED) is 0.304. The van der Waals surface area contributed by atoms with E-state index in [0.717, 1.165) is 18.2 Å². The number of nitrogens with two attached hydrogens (primary N) is 1.